The minimum absolute atomic E-state index is 0.0242. The fraction of sp³-hybridized carbons (Fsp3) is 0.476. The third-order valence-corrected chi connectivity index (χ3v) is 6.75. The number of carbonyl (C=O) groups is 1. The summed E-state index contributed by atoms with van der Waals surface area (Å²) < 4.78 is 0. The molecule has 2 heterocycles. The van der Waals surface area contributed by atoms with Crippen molar-refractivity contribution >= 4 is 28.6 Å². The quantitative estimate of drug-likeness (QED) is 0.890. The lowest BCUT2D eigenvalue weighted by Crippen LogP contribution is -2.44. The van der Waals surface area contributed by atoms with Crippen LogP contribution in [0.15, 0.2) is 24.3 Å². The molecule has 0 atom stereocenters. The van der Waals surface area contributed by atoms with E-state index in [1.165, 1.54) is 34.5 Å². The standard InChI is InChI=1S/C21H27N3OS/c1-15-13-17(7-8-18(15)24-11-9-23(2)10-12-24)22-21(25)20-14-16-5-3-4-6-19(16)26-20/h7-8,13-14H,3-6,9-12H2,1-2H3,(H,22,25). The molecule has 1 aliphatic carbocycles. The zero-order valence-electron chi connectivity index (χ0n) is 15.7. The summed E-state index contributed by atoms with van der Waals surface area (Å²) in [6.45, 7) is 6.45. The minimum Gasteiger partial charge on any atom is -0.369 e. The largest absolute Gasteiger partial charge is 0.369 e. The van der Waals surface area contributed by atoms with E-state index in [0.717, 1.165) is 49.6 Å². The number of amides is 1. The summed E-state index contributed by atoms with van der Waals surface area (Å²) in [5.74, 6) is 0.0242. The van der Waals surface area contributed by atoms with Gasteiger partial charge in [-0.15, -0.1) is 11.3 Å². The number of benzene rings is 1. The first-order valence-corrected chi connectivity index (χ1v) is 10.4. The van der Waals surface area contributed by atoms with Crippen LogP contribution in [-0.4, -0.2) is 44.0 Å². The molecule has 5 heteroatoms. The molecule has 1 amide bonds. The number of hydrogen-bond acceptors (Lipinski definition) is 4. The number of hydrogen-bond donors (Lipinski definition) is 1. The van der Waals surface area contributed by atoms with Crippen molar-refractivity contribution in [1.82, 2.24) is 4.90 Å². The van der Waals surface area contributed by atoms with Gasteiger partial charge < -0.3 is 15.1 Å². The lowest BCUT2D eigenvalue weighted by molar-refractivity contribution is 0.103. The number of nitrogens with zero attached hydrogens (tertiary/aromatic N) is 2. The third-order valence-electron chi connectivity index (χ3n) is 5.52. The topological polar surface area (TPSA) is 35.6 Å². The van der Waals surface area contributed by atoms with Crippen LogP contribution in [0.1, 0.15) is 38.5 Å². The fourth-order valence-electron chi connectivity index (χ4n) is 3.93. The highest BCUT2D eigenvalue weighted by Gasteiger charge is 2.19. The monoisotopic (exact) mass is 369 g/mol. The first kappa shape index (κ1) is 17.6. The number of anilines is 2. The van der Waals surface area contributed by atoms with Crippen molar-refractivity contribution in [1.29, 1.82) is 0 Å². The van der Waals surface area contributed by atoms with Crippen molar-refractivity contribution in [2.45, 2.75) is 32.6 Å². The van der Waals surface area contributed by atoms with Crippen LogP contribution in [0.5, 0.6) is 0 Å². The fourth-order valence-corrected chi connectivity index (χ4v) is 5.08. The lowest BCUT2D eigenvalue weighted by Gasteiger charge is -2.35. The van der Waals surface area contributed by atoms with E-state index in [0.29, 0.717) is 0 Å². The smallest absolute Gasteiger partial charge is 0.265 e. The second kappa shape index (κ2) is 7.41. The Morgan fingerprint density at radius 3 is 2.58 bits per heavy atom. The van der Waals surface area contributed by atoms with Crippen molar-refractivity contribution in [3.63, 3.8) is 0 Å². The third kappa shape index (κ3) is 3.64. The van der Waals surface area contributed by atoms with Crippen molar-refractivity contribution in [2.75, 3.05) is 43.4 Å². The second-order valence-corrected chi connectivity index (χ2v) is 8.65. The van der Waals surface area contributed by atoms with Crippen molar-refractivity contribution in [3.05, 3.63) is 45.1 Å². The van der Waals surface area contributed by atoms with Crippen LogP contribution in [0, 0.1) is 6.92 Å². The molecule has 4 nitrogen and oxygen atoms in total. The van der Waals surface area contributed by atoms with Crippen LogP contribution in [0.4, 0.5) is 11.4 Å². The van der Waals surface area contributed by atoms with Gasteiger partial charge in [0.05, 0.1) is 4.88 Å². The zero-order chi connectivity index (χ0) is 18.1. The van der Waals surface area contributed by atoms with Crippen LogP contribution in [0.2, 0.25) is 0 Å². The van der Waals surface area contributed by atoms with Gasteiger partial charge in [-0.25, -0.2) is 0 Å². The van der Waals surface area contributed by atoms with Gasteiger partial charge in [-0.1, -0.05) is 0 Å². The molecule has 2 aromatic rings. The average molecular weight is 370 g/mol. The summed E-state index contributed by atoms with van der Waals surface area (Å²) in [4.78, 5) is 19.7. The molecule has 1 N–H and O–H groups in total. The van der Waals surface area contributed by atoms with Gasteiger partial charge in [0, 0.05) is 42.4 Å². The first-order chi connectivity index (χ1) is 12.6. The summed E-state index contributed by atoms with van der Waals surface area (Å²) in [6, 6.07) is 8.38. The molecule has 1 aromatic heterocycles. The molecule has 1 aliphatic heterocycles. The van der Waals surface area contributed by atoms with Crippen molar-refractivity contribution in [3.8, 4) is 0 Å². The summed E-state index contributed by atoms with van der Waals surface area (Å²) in [7, 11) is 2.17. The van der Waals surface area contributed by atoms with Gasteiger partial charge in [0.15, 0.2) is 0 Å². The molecular weight excluding hydrogens is 342 g/mol. The number of fused-ring (bicyclic) bond motifs is 1. The number of piperazine rings is 1. The number of aryl methyl sites for hydroxylation is 3. The van der Waals surface area contributed by atoms with Gasteiger partial charge in [0.2, 0.25) is 0 Å². The predicted octanol–water partition coefficient (Wildman–Crippen LogP) is 3.94. The molecule has 0 unspecified atom stereocenters. The molecule has 2 aliphatic rings. The predicted molar refractivity (Wildman–Crippen MR) is 110 cm³/mol. The molecule has 1 saturated heterocycles. The first-order valence-electron chi connectivity index (χ1n) is 9.57. The maximum Gasteiger partial charge on any atom is 0.265 e. The summed E-state index contributed by atoms with van der Waals surface area (Å²) in [5, 5.41) is 3.09. The van der Waals surface area contributed by atoms with Gasteiger partial charge in [-0.2, -0.15) is 0 Å². The van der Waals surface area contributed by atoms with Gasteiger partial charge in [0.25, 0.3) is 5.91 Å². The number of carbonyl (C=O) groups excluding carboxylic acids is 1. The highest BCUT2D eigenvalue weighted by atomic mass is 32.1. The average Bonchev–Trinajstić information content (AvgIpc) is 3.07. The molecule has 0 radical (unpaired) electrons. The zero-order valence-corrected chi connectivity index (χ0v) is 16.5. The minimum atomic E-state index is 0.0242. The van der Waals surface area contributed by atoms with Crippen LogP contribution < -0.4 is 10.2 Å². The molecule has 0 spiro atoms. The summed E-state index contributed by atoms with van der Waals surface area (Å²) in [6.07, 6.45) is 4.75. The Hall–Kier alpha value is -1.85. The van der Waals surface area contributed by atoms with Crippen LogP contribution in [0.3, 0.4) is 0 Å². The Morgan fingerprint density at radius 1 is 1.08 bits per heavy atom. The van der Waals surface area contributed by atoms with E-state index in [1.54, 1.807) is 11.3 Å². The Labute approximate surface area is 159 Å². The number of thiophene rings is 1. The Morgan fingerprint density at radius 2 is 1.85 bits per heavy atom. The van der Waals surface area contributed by atoms with E-state index >= 15 is 0 Å². The van der Waals surface area contributed by atoms with Gasteiger partial charge in [0.1, 0.15) is 0 Å². The second-order valence-electron chi connectivity index (χ2n) is 7.51. The van der Waals surface area contributed by atoms with E-state index in [9.17, 15) is 4.79 Å². The molecule has 1 aromatic carbocycles. The molecule has 0 bridgehead atoms. The molecule has 0 saturated carbocycles. The van der Waals surface area contributed by atoms with Crippen molar-refractivity contribution in [2.24, 2.45) is 0 Å². The highest BCUT2D eigenvalue weighted by Crippen LogP contribution is 2.30. The lowest BCUT2D eigenvalue weighted by atomic mass is 9.99. The number of likely N-dealkylation sites (N-methyl/N-ethyl adjacent to an activating group) is 1. The Bertz CT molecular complexity index is 782. The van der Waals surface area contributed by atoms with E-state index in [4.69, 9.17) is 0 Å². The van der Waals surface area contributed by atoms with Gasteiger partial charge in [-0.05, 0) is 75.0 Å². The van der Waals surface area contributed by atoms with Crippen LogP contribution in [-0.2, 0) is 12.8 Å². The number of rotatable bonds is 3. The Kier molecular flexibility index (Phi) is 5.00. The van der Waals surface area contributed by atoms with E-state index < -0.39 is 0 Å². The maximum atomic E-state index is 12.6. The maximum absolute atomic E-state index is 12.6. The summed E-state index contributed by atoms with van der Waals surface area (Å²) >= 11 is 1.67. The Balaban J connectivity index is 1.45. The molecular formula is C21H27N3OS. The van der Waals surface area contributed by atoms with Gasteiger partial charge in [-0.3, -0.25) is 4.79 Å². The SMILES string of the molecule is Cc1cc(NC(=O)c2cc3c(s2)CCCC3)ccc1N1CCN(C)CC1. The van der Waals surface area contributed by atoms with Crippen molar-refractivity contribution < 1.29 is 4.79 Å². The van der Waals surface area contributed by atoms with Crippen LogP contribution in [0.25, 0.3) is 0 Å². The molecule has 138 valence electrons. The normalized spacial score (nSPS) is 17.8. The van der Waals surface area contributed by atoms with E-state index in [1.807, 2.05) is 6.07 Å². The molecule has 1 fully saturated rings. The van der Waals surface area contributed by atoms with E-state index in [-0.39, 0.29) is 5.91 Å². The van der Waals surface area contributed by atoms with Gasteiger partial charge >= 0.3 is 0 Å². The number of nitrogens with one attached hydrogen (secondary N) is 1. The van der Waals surface area contributed by atoms with E-state index in [2.05, 4.69) is 47.3 Å². The molecule has 4 rings (SSSR count). The van der Waals surface area contributed by atoms with Crippen LogP contribution >= 0.6 is 11.3 Å². The highest BCUT2D eigenvalue weighted by molar-refractivity contribution is 7.14. The summed E-state index contributed by atoms with van der Waals surface area (Å²) in [5.41, 5.74) is 4.77. The molecule has 26 heavy (non-hydrogen) atoms.